The number of nitrogens with zero attached hydrogens (tertiary/aromatic N) is 2. The van der Waals surface area contributed by atoms with Crippen LogP contribution in [0, 0.1) is 0 Å². The minimum atomic E-state index is -0.164. The van der Waals surface area contributed by atoms with Crippen molar-refractivity contribution < 1.29 is 9.47 Å². The lowest BCUT2D eigenvalue weighted by Crippen LogP contribution is -2.37. The van der Waals surface area contributed by atoms with Crippen molar-refractivity contribution in [3.05, 3.63) is 18.2 Å². The highest BCUT2D eigenvalue weighted by Gasteiger charge is 2.41. The number of para-hydroxylation sites is 1. The normalized spacial score (nSPS) is 25.6. The molecule has 1 aliphatic rings. The predicted molar refractivity (Wildman–Crippen MR) is 83.6 cm³/mol. The molecule has 1 aromatic carbocycles. The lowest BCUT2D eigenvalue weighted by molar-refractivity contribution is 0.0783. The van der Waals surface area contributed by atoms with E-state index in [4.69, 9.17) is 15.2 Å². The number of imidazole rings is 1. The first-order valence-corrected chi connectivity index (χ1v) is 7.59. The second-order valence-corrected chi connectivity index (χ2v) is 5.90. The van der Waals surface area contributed by atoms with Crippen LogP contribution in [-0.4, -0.2) is 28.9 Å². The van der Waals surface area contributed by atoms with E-state index in [1.54, 1.807) is 0 Å². The van der Waals surface area contributed by atoms with Crippen LogP contribution >= 0.6 is 0 Å². The molecule has 0 amide bonds. The Bertz CT molecular complexity index is 652. The third-order valence-corrected chi connectivity index (χ3v) is 4.50. The van der Waals surface area contributed by atoms with Gasteiger partial charge in [0.2, 0.25) is 5.95 Å². The van der Waals surface area contributed by atoms with Crippen LogP contribution < -0.4 is 10.5 Å². The van der Waals surface area contributed by atoms with Gasteiger partial charge in [0.1, 0.15) is 11.3 Å². The van der Waals surface area contributed by atoms with E-state index in [0.717, 1.165) is 36.2 Å². The molecule has 2 heterocycles. The van der Waals surface area contributed by atoms with Crippen LogP contribution in [0.4, 0.5) is 5.95 Å². The lowest BCUT2D eigenvalue weighted by atomic mass is 9.94. The van der Waals surface area contributed by atoms with Crippen molar-refractivity contribution in [3.8, 4) is 5.75 Å². The van der Waals surface area contributed by atoms with Crippen LogP contribution in [0.2, 0.25) is 0 Å². The molecule has 1 aromatic heterocycles. The lowest BCUT2D eigenvalue weighted by Gasteiger charge is -2.31. The van der Waals surface area contributed by atoms with Gasteiger partial charge < -0.3 is 19.8 Å². The van der Waals surface area contributed by atoms with E-state index in [0.29, 0.717) is 12.6 Å². The summed E-state index contributed by atoms with van der Waals surface area (Å²) in [4.78, 5) is 4.55. The van der Waals surface area contributed by atoms with Crippen molar-refractivity contribution in [2.45, 2.75) is 45.3 Å². The number of anilines is 1. The van der Waals surface area contributed by atoms with Crippen molar-refractivity contribution >= 4 is 17.0 Å². The summed E-state index contributed by atoms with van der Waals surface area (Å²) in [6, 6.07) is 5.99. The highest BCUT2D eigenvalue weighted by atomic mass is 16.5. The number of benzene rings is 1. The van der Waals surface area contributed by atoms with Gasteiger partial charge in [0.05, 0.1) is 23.8 Å². The Morgan fingerprint density at radius 1 is 1.52 bits per heavy atom. The fourth-order valence-electron chi connectivity index (χ4n) is 3.08. The third-order valence-electron chi connectivity index (χ3n) is 4.50. The maximum Gasteiger partial charge on any atom is 0.201 e. The van der Waals surface area contributed by atoms with Gasteiger partial charge in [-0.25, -0.2) is 4.98 Å². The van der Waals surface area contributed by atoms with E-state index in [-0.39, 0.29) is 11.6 Å². The van der Waals surface area contributed by atoms with Gasteiger partial charge in [0.15, 0.2) is 0 Å². The Morgan fingerprint density at radius 2 is 2.33 bits per heavy atom. The molecular formula is C16H23N3O2. The van der Waals surface area contributed by atoms with Crippen LogP contribution in [0.15, 0.2) is 18.2 Å². The first-order chi connectivity index (χ1) is 10.1. The number of hydrogen-bond acceptors (Lipinski definition) is 4. The van der Waals surface area contributed by atoms with Gasteiger partial charge in [-0.3, -0.25) is 0 Å². The SMILES string of the molecule is CCCOc1cccc2c1nc(N)n2C1(C)CCOC1C. The summed E-state index contributed by atoms with van der Waals surface area (Å²) in [6.07, 6.45) is 2.01. The van der Waals surface area contributed by atoms with Crippen molar-refractivity contribution in [1.82, 2.24) is 9.55 Å². The Labute approximate surface area is 125 Å². The Balaban J connectivity index is 2.14. The molecular weight excluding hydrogens is 266 g/mol. The first kappa shape index (κ1) is 14.2. The van der Waals surface area contributed by atoms with Gasteiger partial charge in [-0.05, 0) is 38.8 Å². The van der Waals surface area contributed by atoms with Gasteiger partial charge in [-0.1, -0.05) is 13.0 Å². The number of ether oxygens (including phenoxy) is 2. The predicted octanol–water partition coefficient (Wildman–Crippen LogP) is 2.93. The Hall–Kier alpha value is -1.75. The molecule has 114 valence electrons. The molecule has 21 heavy (non-hydrogen) atoms. The van der Waals surface area contributed by atoms with Gasteiger partial charge in [0.25, 0.3) is 0 Å². The fourth-order valence-corrected chi connectivity index (χ4v) is 3.08. The summed E-state index contributed by atoms with van der Waals surface area (Å²) in [5.74, 6) is 1.33. The maximum atomic E-state index is 6.22. The minimum absolute atomic E-state index is 0.109. The monoisotopic (exact) mass is 289 g/mol. The van der Waals surface area contributed by atoms with Crippen LogP contribution in [0.1, 0.15) is 33.6 Å². The van der Waals surface area contributed by atoms with E-state index < -0.39 is 0 Å². The number of fused-ring (bicyclic) bond motifs is 1. The molecule has 2 unspecified atom stereocenters. The molecule has 0 spiro atoms. The maximum absolute atomic E-state index is 6.22. The summed E-state index contributed by atoms with van der Waals surface area (Å²) in [6.45, 7) is 7.80. The molecule has 5 nitrogen and oxygen atoms in total. The van der Waals surface area contributed by atoms with Gasteiger partial charge in [0, 0.05) is 6.61 Å². The highest BCUT2D eigenvalue weighted by molar-refractivity contribution is 5.84. The standard InChI is InChI=1S/C16H23N3O2/c1-4-9-21-13-7-5-6-12-14(13)18-15(17)19(12)16(3)8-10-20-11(16)2/h5-7,11H,4,8-10H2,1-3H3,(H2,17,18). The average Bonchev–Trinajstić information content (AvgIpc) is 2.97. The summed E-state index contributed by atoms with van der Waals surface area (Å²) in [5.41, 5.74) is 7.91. The highest BCUT2D eigenvalue weighted by Crippen LogP contribution is 2.39. The molecule has 2 N–H and O–H groups in total. The minimum Gasteiger partial charge on any atom is -0.491 e. The van der Waals surface area contributed by atoms with Crippen molar-refractivity contribution in [2.24, 2.45) is 0 Å². The molecule has 2 atom stereocenters. The summed E-state index contributed by atoms with van der Waals surface area (Å²) in [5, 5.41) is 0. The molecule has 0 aliphatic carbocycles. The molecule has 0 radical (unpaired) electrons. The van der Waals surface area contributed by atoms with Crippen LogP contribution in [0.25, 0.3) is 11.0 Å². The van der Waals surface area contributed by atoms with Gasteiger partial charge in [-0.15, -0.1) is 0 Å². The molecule has 0 saturated carbocycles. The second-order valence-electron chi connectivity index (χ2n) is 5.90. The van der Waals surface area contributed by atoms with Crippen molar-refractivity contribution in [1.29, 1.82) is 0 Å². The number of aromatic nitrogens is 2. The first-order valence-electron chi connectivity index (χ1n) is 7.59. The molecule has 1 aliphatic heterocycles. The van der Waals surface area contributed by atoms with Crippen LogP contribution in [-0.2, 0) is 10.3 Å². The van der Waals surface area contributed by atoms with E-state index in [1.807, 2.05) is 18.2 Å². The summed E-state index contributed by atoms with van der Waals surface area (Å²) >= 11 is 0. The Kier molecular flexibility index (Phi) is 3.53. The van der Waals surface area contributed by atoms with E-state index in [9.17, 15) is 0 Å². The molecule has 3 rings (SSSR count). The second kappa shape index (κ2) is 5.22. The smallest absolute Gasteiger partial charge is 0.201 e. The number of nitrogen functional groups attached to an aromatic ring is 1. The number of nitrogens with two attached hydrogens (primary N) is 1. The number of rotatable bonds is 4. The van der Waals surface area contributed by atoms with Crippen molar-refractivity contribution in [2.75, 3.05) is 18.9 Å². The zero-order valence-corrected chi connectivity index (χ0v) is 12.9. The largest absolute Gasteiger partial charge is 0.491 e. The van der Waals surface area contributed by atoms with Gasteiger partial charge >= 0.3 is 0 Å². The van der Waals surface area contributed by atoms with Gasteiger partial charge in [-0.2, -0.15) is 0 Å². The molecule has 1 fully saturated rings. The Morgan fingerprint density at radius 3 is 3.00 bits per heavy atom. The third kappa shape index (κ3) is 2.16. The van der Waals surface area contributed by atoms with E-state index >= 15 is 0 Å². The van der Waals surface area contributed by atoms with Crippen molar-refractivity contribution in [3.63, 3.8) is 0 Å². The van der Waals surface area contributed by atoms with E-state index in [2.05, 4.69) is 30.3 Å². The number of hydrogen-bond donors (Lipinski definition) is 1. The zero-order valence-electron chi connectivity index (χ0n) is 12.9. The van der Waals surface area contributed by atoms with Crippen LogP contribution in [0.3, 0.4) is 0 Å². The zero-order chi connectivity index (χ0) is 15.0. The summed E-state index contributed by atoms with van der Waals surface area (Å²) in [7, 11) is 0. The average molecular weight is 289 g/mol. The summed E-state index contributed by atoms with van der Waals surface area (Å²) < 4.78 is 13.7. The molecule has 1 saturated heterocycles. The fraction of sp³-hybridized carbons (Fsp3) is 0.562. The van der Waals surface area contributed by atoms with Crippen LogP contribution in [0.5, 0.6) is 5.75 Å². The molecule has 2 aromatic rings. The quantitative estimate of drug-likeness (QED) is 0.940. The molecule has 5 heteroatoms. The topological polar surface area (TPSA) is 62.3 Å². The molecule has 0 bridgehead atoms. The van der Waals surface area contributed by atoms with E-state index in [1.165, 1.54) is 0 Å².